The van der Waals surface area contributed by atoms with Crippen molar-refractivity contribution < 1.29 is 9.59 Å². The van der Waals surface area contributed by atoms with Crippen molar-refractivity contribution in [1.29, 1.82) is 0 Å². The Morgan fingerprint density at radius 2 is 2.15 bits per heavy atom. The van der Waals surface area contributed by atoms with Gasteiger partial charge in [-0.25, -0.2) is 0 Å². The highest BCUT2D eigenvalue weighted by Gasteiger charge is 2.34. The molecule has 0 spiro atoms. The molecule has 2 aliphatic rings. The number of amides is 1. The molecular formula is C10H15NO2. The molecule has 1 amide bonds. The second-order valence-corrected chi connectivity index (χ2v) is 4.24. The van der Waals surface area contributed by atoms with Gasteiger partial charge in [0, 0.05) is 19.5 Å². The molecule has 1 atom stereocenters. The molecule has 0 N–H and O–H groups in total. The van der Waals surface area contributed by atoms with Crippen molar-refractivity contribution in [2.75, 3.05) is 13.1 Å². The first kappa shape index (κ1) is 8.73. The molecule has 1 saturated carbocycles. The van der Waals surface area contributed by atoms with Crippen LogP contribution in [-0.2, 0) is 9.59 Å². The summed E-state index contributed by atoms with van der Waals surface area (Å²) in [6.45, 7) is 3.61. The summed E-state index contributed by atoms with van der Waals surface area (Å²) < 4.78 is 0. The van der Waals surface area contributed by atoms with Crippen LogP contribution in [0.15, 0.2) is 0 Å². The van der Waals surface area contributed by atoms with Gasteiger partial charge in [-0.05, 0) is 24.7 Å². The van der Waals surface area contributed by atoms with E-state index in [0.717, 1.165) is 12.5 Å². The van der Waals surface area contributed by atoms with Gasteiger partial charge in [-0.3, -0.25) is 9.59 Å². The van der Waals surface area contributed by atoms with Crippen LogP contribution in [0, 0.1) is 11.8 Å². The molecule has 1 heterocycles. The Morgan fingerprint density at radius 1 is 1.46 bits per heavy atom. The van der Waals surface area contributed by atoms with E-state index in [0.29, 0.717) is 18.9 Å². The third-order valence-corrected chi connectivity index (χ3v) is 3.07. The summed E-state index contributed by atoms with van der Waals surface area (Å²) in [5, 5.41) is 0. The highest BCUT2D eigenvalue weighted by molar-refractivity contribution is 6.37. The lowest BCUT2D eigenvalue weighted by molar-refractivity contribution is -0.140. The third-order valence-electron chi connectivity index (χ3n) is 3.07. The van der Waals surface area contributed by atoms with E-state index in [2.05, 4.69) is 6.92 Å². The largest absolute Gasteiger partial charge is 0.335 e. The van der Waals surface area contributed by atoms with Crippen molar-refractivity contribution in [3.8, 4) is 0 Å². The van der Waals surface area contributed by atoms with Crippen LogP contribution in [0.2, 0.25) is 0 Å². The van der Waals surface area contributed by atoms with E-state index in [1.54, 1.807) is 4.90 Å². The van der Waals surface area contributed by atoms with Gasteiger partial charge in [-0.2, -0.15) is 0 Å². The summed E-state index contributed by atoms with van der Waals surface area (Å²) >= 11 is 0. The summed E-state index contributed by atoms with van der Waals surface area (Å²) in [5.74, 6) is 0.925. The Morgan fingerprint density at radius 3 is 2.62 bits per heavy atom. The minimum atomic E-state index is -0.257. The molecule has 0 aromatic heterocycles. The fraction of sp³-hybridized carbons (Fsp3) is 0.800. The van der Waals surface area contributed by atoms with Gasteiger partial charge < -0.3 is 4.90 Å². The number of Topliss-reactive ketones (excluding diaryl/α,β-unsaturated/α-hetero) is 1. The molecule has 2 fully saturated rings. The number of nitrogens with zero attached hydrogens (tertiary/aromatic N) is 1. The molecule has 0 bridgehead atoms. The van der Waals surface area contributed by atoms with Gasteiger partial charge in [0.15, 0.2) is 0 Å². The van der Waals surface area contributed by atoms with Gasteiger partial charge in [0.25, 0.3) is 5.91 Å². The first-order chi connectivity index (χ1) is 6.18. The van der Waals surface area contributed by atoms with E-state index in [9.17, 15) is 9.59 Å². The Labute approximate surface area is 78.1 Å². The summed E-state index contributed by atoms with van der Waals surface area (Å²) in [4.78, 5) is 23.9. The number of ketones is 1. The second kappa shape index (κ2) is 3.13. The predicted octanol–water partition coefficient (Wildman–Crippen LogP) is 0.834. The molecule has 3 heteroatoms. The minimum absolute atomic E-state index is 0.206. The quantitative estimate of drug-likeness (QED) is 0.605. The first-order valence-corrected chi connectivity index (χ1v) is 5.00. The normalized spacial score (nSPS) is 25.5. The average Bonchev–Trinajstić information content (AvgIpc) is 2.89. The molecular weight excluding hydrogens is 166 g/mol. The van der Waals surface area contributed by atoms with Gasteiger partial charge >= 0.3 is 0 Å². The molecule has 13 heavy (non-hydrogen) atoms. The van der Waals surface area contributed by atoms with E-state index in [1.165, 1.54) is 12.8 Å². The van der Waals surface area contributed by atoms with E-state index in [1.807, 2.05) is 0 Å². The van der Waals surface area contributed by atoms with E-state index < -0.39 is 0 Å². The Hall–Kier alpha value is -0.860. The van der Waals surface area contributed by atoms with Crippen LogP contribution in [0.4, 0.5) is 0 Å². The van der Waals surface area contributed by atoms with Crippen molar-refractivity contribution in [2.24, 2.45) is 11.8 Å². The summed E-state index contributed by atoms with van der Waals surface area (Å²) in [6.07, 6.45) is 3.03. The Bertz CT molecular complexity index is 245. The van der Waals surface area contributed by atoms with Gasteiger partial charge in [-0.15, -0.1) is 0 Å². The van der Waals surface area contributed by atoms with Crippen LogP contribution in [0.5, 0.6) is 0 Å². The fourth-order valence-electron chi connectivity index (χ4n) is 1.96. The van der Waals surface area contributed by atoms with E-state index in [4.69, 9.17) is 0 Å². The zero-order valence-electron chi connectivity index (χ0n) is 7.95. The van der Waals surface area contributed by atoms with Gasteiger partial charge in [-0.1, -0.05) is 6.92 Å². The molecule has 1 aliphatic heterocycles. The minimum Gasteiger partial charge on any atom is -0.335 e. The molecule has 0 aromatic rings. The molecule has 72 valence electrons. The molecule has 1 unspecified atom stereocenters. The SMILES string of the molecule is CC(CN1CCC(=O)C1=O)C1CC1. The first-order valence-electron chi connectivity index (χ1n) is 5.00. The predicted molar refractivity (Wildman–Crippen MR) is 48.1 cm³/mol. The maximum absolute atomic E-state index is 11.3. The van der Waals surface area contributed by atoms with Crippen molar-refractivity contribution >= 4 is 11.7 Å². The second-order valence-electron chi connectivity index (χ2n) is 4.24. The smallest absolute Gasteiger partial charge is 0.290 e. The lowest BCUT2D eigenvalue weighted by Gasteiger charge is -2.19. The molecule has 1 saturated heterocycles. The van der Waals surface area contributed by atoms with Crippen molar-refractivity contribution in [2.45, 2.75) is 26.2 Å². The fourth-order valence-corrected chi connectivity index (χ4v) is 1.96. The third kappa shape index (κ3) is 1.74. The lowest BCUT2D eigenvalue weighted by Crippen LogP contribution is -2.32. The Kier molecular flexibility index (Phi) is 2.10. The van der Waals surface area contributed by atoms with Crippen LogP contribution in [0.1, 0.15) is 26.2 Å². The number of likely N-dealkylation sites (tertiary alicyclic amines) is 1. The van der Waals surface area contributed by atoms with Crippen LogP contribution < -0.4 is 0 Å². The monoisotopic (exact) mass is 181 g/mol. The van der Waals surface area contributed by atoms with Crippen LogP contribution in [0.25, 0.3) is 0 Å². The Balaban J connectivity index is 1.87. The summed E-state index contributed by atoms with van der Waals surface area (Å²) in [7, 11) is 0. The van der Waals surface area contributed by atoms with Gasteiger partial charge in [0.2, 0.25) is 5.78 Å². The maximum Gasteiger partial charge on any atom is 0.290 e. The molecule has 3 nitrogen and oxygen atoms in total. The molecule has 2 rings (SSSR count). The number of carbonyl (C=O) groups excluding carboxylic acids is 2. The van der Waals surface area contributed by atoms with E-state index >= 15 is 0 Å². The molecule has 0 aromatic carbocycles. The van der Waals surface area contributed by atoms with Crippen molar-refractivity contribution in [3.05, 3.63) is 0 Å². The number of carbonyl (C=O) groups is 2. The van der Waals surface area contributed by atoms with Crippen molar-refractivity contribution in [1.82, 2.24) is 4.90 Å². The van der Waals surface area contributed by atoms with Crippen LogP contribution in [-0.4, -0.2) is 29.7 Å². The highest BCUT2D eigenvalue weighted by Crippen LogP contribution is 2.37. The summed E-state index contributed by atoms with van der Waals surface area (Å²) in [6, 6.07) is 0. The molecule has 1 aliphatic carbocycles. The standard InChI is InChI=1S/C10H15NO2/c1-7(8-2-3-8)6-11-5-4-9(12)10(11)13/h7-8H,2-6H2,1H3. The highest BCUT2D eigenvalue weighted by atomic mass is 16.2. The number of hydrogen-bond donors (Lipinski definition) is 0. The lowest BCUT2D eigenvalue weighted by atomic mass is 10.1. The zero-order valence-corrected chi connectivity index (χ0v) is 7.95. The van der Waals surface area contributed by atoms with Crippen LogP contribution in [0.3, 0.4) is 0 Å². The number of rotatable bonds is 3. The average molecular weight is 181 g/mol. The molecule has 0 radical (unpaired) electrons. The van der Waals surface area contributed by atoms with Gasteiger partial charge in [0.05, 0.1) is 0 Å². The maximum atomic E-state index is 11.3. The van der Waals surface area contributed by atoms with Gasteiger partial charge in [0.1, 0.15) is 0 Å². The van der Waals surface area contributed by atoms with Crippen LogP contribution >= 0.6 is 0 Å². The topological polar surface area (TPSA) is 37.4 Å². The summed E-state index contributed by atoms with van der Waals surface area (Å²) in [5.41, 5.74) is 0. The number of hydrogen-bond acceptors (Lipinski definition) is 2. The van der Waals surface area contributed by atoms with E-state index in [-0.39, 0.29) is 11.7 Å². The van der Waals surface area contributed by atoms with Crippen molar-refractivity contribution in [3.63, 3.8) is 0 Å². The zero-order chi connectivity index (χ0) is 9.42.